The average Bonchev–Trinajstić information content (AvgIpc) is 3.49. The van der Waals surface area contributed by atoms with Gasteiger partial charge in [-0.25, -0.2) is 9.78 Å². The van der Waals surface area contributed by atoms with E-state index in [4.69, 9.17) is 13.9 Å². The number of allylic oxidation sites excluding steroid dienone is 2. The first-order valence-electron chi connectivity index (χ1n) is 15.8. The molecule has 1 aromatic carbocycles. The first kappa shape index (κ1) is 41.2. The molecule has 0 radical (unpaired) electrons. The van der Waals surface area contributed by atoms with Crippen molar-refractivity contribution in [3.05, 3.63) is 71.3 Å². The van der Waals surface area contributed by atoms with E-state index in [-0.39, 0.29) is 25.2 Å². The Bertz CT molecular complexity index is 1500. The smallest absolute Gasteiger partial charge is 0.426 e. The summed E-state index contributed by atoms with van der Waals surface area (Å²) in [5.74, 6) is -1.97. The predicted molar refractivity (Wildman–Crippen MR) is 174 cm³/mol. The van der Waals surface area contributed by atoms with E-state index in [0.717, 1.165) is 0 Å². The van der Waals surface area contributed by atoms with E-state index in [1.165, 1.54) is 6.08 Å². The highest BCUT2D eigenvalue weighted by molar-refractivity contribution is 5.89. The summed E-state index contributed by atoms with van der Waals surface area (Å²) < 4.78 is 104. The number of aromatic nitrogens is 3. The van der Waals surface area contributed by atoms with Crippen LogP contribution in [0.4, 0.5) is 36.8 Å². The molecular weight excluding hydrogens is 656 g/mol. The second kappa shape index (κ2) is 17.6. The molecule has 0 fully saturated rings. The number of anilines is 1. The highest BCUT2D eigenvalue weighted by Crippen LogP contribution is 2.47. The molecule has 15 heteroatoms. The maximum absolute atomic E-state index is 14.9. The minimum Gasteiger partial charge on any atom is -0.444 e. The summed E-state index contributed by atoms with van der Waals surface area (Å²) >= 11 is 0. The maximum Gasteiger partial charge on any atom is 0.426 e. The number of benzene rings is 1. The third-order valence-corrected chi connectivity index (χ3v) is 6.71. The molecule has 1 aliphatic rings. The van der Waals surface area contributed by atoms with Gasteiger partial charge < -0.3 is 19.2 Å². The van der Waals surface area contributed by atoms with Crippen LogP contribution in [0.1, 0.15) is 83.5 Å². The Hall–Kier alpha value is -3.98. The van der Waals surface area contributed by atoms with Crippen molar-refractivity contribution >= 4 is 11.8 Å². The van der Waals surface area contributed by atoms with Crippen molar-refractivity contribution in [3.63, 3.8) is 0 Å². The van der Waals surface area contributed by atoms with E-state index in [2.05, 4.69) is 25.8 Å². The number of ether oxygens (including phenoxy) is 2. The number of hydrogen-bond acceptors (Lipinski definition) is 8. The molecule has 2 unspecified atom stereocenters. The van der Waals surface area contributed by atoms with Crippen LogP contribution in [0.3, 0.4) is 0 Å². The summed E-state index contributed by atoms with van der Waals surface area (Å²) in [4.78, 5) is 16.7. The maximum atomic E-state index is 14.9. The lowest BCUT2D eigenvalue weighted by atomic mass is 9.94. The van der Waals surface area contributed by atoms with Crippen LogP contribution in [0.5, 0.6) is 0 Å². The van der Waals surface area contributed by atoms with Crippen LogP contribution in [-0.2, 0) is 34.3 Å². The Labute approximate surface area is 282 Å². The zero-order valence-electron chi connectivity index (χ0n) is 29.0. The molecular formula is C34H45F6N5O4. The molecule has 0 spiro atoms. The Morgan fingerprint density at radius 1 is 1.02 bits per heavy atom. The van der Waals surface area contributed by atoms with E-state index < -0.39 is 77.1 Å². The number of amides is 1. The Morgan fingerprint density at radius 2 is 1.65 bits per heavy atom. The van der Waals surface area contributed by atoms with Crippen LogP contribution in [0, 0.1) is 5.92 Å². The zero-order chi connectivity index (χ0) is 37.0. The average molecular weight is 702 g/mol. The number of fused-ring (bicyclic) bond motifs is 5. The second-order valence-corrected chi connectivity index (χ2v) is 12.1. The van der Waals surface area contributed by atoms with Crippen molar-refractivity contribution in [2.75, 3.05) is 19.4 Å². The van der Waals surface area contributed by atoms with E-state index in [1.54, 1.807) is 64.1 Å². The Morgan fingerprint density at radius 3 is 2.22 bits per heavy atom. The van der Waals surface area contributed by atoms with Gasteiger partial charge in [-0.05, 0) is 78.1 Å². The minimum atomic E-state index is -5.04. The lowest BCUT2D eigenvalue weighted by Gasteiger charge is -2.32. The van der Waals surface area contributed by atoms with Gasteiger partial charge in [0.1, 0.15) is 5.60 Å². The first-order valence-corrected chi connectivity index (χ1v) is 15.8. The fourth-order valence-corrected chi connectivity index (χ4v) is 4.62. The van der Waals surface area contributed by atoms with Gasteiger partial charge in [0.25, 0.3) is 11.8 Å². The summed E-state index contributed by atoms with van der Waals surface area (Å²) in [5, 5.41) is 12.4. The van der Waals surface area contributed by atoms with Crippen molar-refractivity contribution in [1.29, 1.82) is 0 Å². The first-order chi connectivity index (χ1) is 22.9. The second-order valence-electron chi connectivity index (χ2n) is 12.1. The number of carbonyl (C=O) groups excluding carboxylic acids is 1. The molecule has 4 bridgehead atoms. The highest BCUT2D eigenvalue weighted by Gasteiger charge is 2.61. The lowest BCUT2D eigenvalue weighted by Crippen LogP contribution is -2.45. The van der Waals surface area contributed by atoms with Crippen LogP contribution < -0.4 is 10.6 Å². The van der Waals surface area contributed by atoms with E-state index >= 15 is 0 Å². The van der Waals surface area contributed by atoms with Crippen molar-refractivity contribution in [2.24, 2.45) is 5.92 Å². The third kappa shape index (κ3) is 11.6. The Kier molecular flexibility index (Phi) is 14.8. The quantitative estimate of drug-likeness (QED) is 0.205. The molecule has 2 N–H and O–H groups in total. The van der Waals surface area contributed by atoms with Crippen LogP contribution >= 0.6 is 0 Å². The van der Waals surface area contributed by atoms with E-state index in [9.17, 15) is 31.1 Å². The van der Waals surface area contributed by atoms with Gasteiger partial charge in [0.2, 0.25) is 5.60 Å². The summed E-state index contributed by atoms with van der Waals surface area (Å²) in [6.07, 6.45) is -8.50. The number of hydrogen-bond donors (Lipinski definition) is 2. The molecule has 2 atom stereocenters. The zero-order valence-corrected chi connectivity index (χ0v) is 29.0. The summed E-state index contributed by atoms with van der Waals surface area (Å²) in [6, 6.07) is 8.83. The van der Waals surface area contributed by atoms with E-state index in [0.29, 0.717) is 11.6 Å². The summed E-state index contributed by atoms with van der Waals surface area (Å²) in [6.45, 7) is 9.89. The van der Waals surface area contributed by atoms with Crippen molar-refractivity contribution in [2.45, 2.75) is 97.4 Å². The number of nitrogens with zero attached hydrogens (tertiary/aromatic N) is 3. The van der Waals surface area contributed by atoms with E-state index in [1.807, 2.05) is 27.9 Å². The van der Waals surface area contributed by atoms with Gasteiger partial charge in [0.15, 0.2) is 5.69 Å². The molecule has 1 amide bonds. The summed E-state index contributed by atoms with van der Waals surface area (Å²) in [5.41, 5.74) is -6.14. The number of rotatable bonds is 4. The molecule has 0 aliphatic carbocycles. The van der Waals surface area contributed by atoms with Gasteiger partial charge in [0, 0.05) is 0 Å². The van der Waals surface area contributed by atoms with Crippen LogP contribution in [0.15, 0.2) is 53.0 Å². The fraction of sp³-hybridized carbons (Fsp3) is 0.529. The van der Waals surface area contributed by atoms with Gasteiger partial charge in [-0.3, -0.25) is 5.32 Å². The lowest BCUT2D eigenvalue weighted by molar-refractivity contribution is -0.299. The van der Waals surface area contributed by atoms with Gasteiger partial charge in [0.05, 0.1) is 23.6 Å². The van der Waals surface area contributed by atoms with Crippen molar-refractivity contribution < 1.29 is 45.0 Å². The molecule has 4 rings (SSSR count). The molecule has 0 saturated carbocycles. The van der Waals surface area contributed by atoms with Crippen LogP contribution in [-0.4, -0.2) is 47.1 Å². The monoisotopic (exact) mass is 701 g/mol. The number of halogens is 6. The molecule has 2 aromatic heterocycles. The van der Waals surface area contributed by atoms with Crippen LogP contribution in [0.25, 0.3) is 11.6 Å². The van der Waals surface area contributed by atoms with Gasteiger partial charge in [-0.1, -0.05) is 63.3 Å². The van der Waals surface area contributed by atoms with Gasteiger partial charge >= 0.3 is 18.4 Å². The third-order valence-electron chi connectivity index (χ3n) is 6.71. The molecule has 9 nitrogen and oxygen atoms in total. The molecule has 0 saturated heterocycles. The Balaban J connectivity index is 0.00000158. The van der Waals surface area contributed by atoms with Crippen LogP contribution in [0.2, 0.25) is 0 Å². The summed E-state index contributed by atoms with van der Waals surface area (Å²) in [7, 11) is 3.75. The number of carbonyl (C=O) groups is 1. The molecule has 3 aromatic rings. The van der Waals surface area contributed by atoms with Crippen molar-refractivity contribution in [1.82, 2.24) is 20.5 Å². The highest BCUT2D eigenvalue weighted by atomic mass is 19.4. The number of nitrogens with one attached hydrogen (secondary N) is 2. The largest absolute Gasteiger partial charge is 0.444 e. The molecule has 3 heterocycles. The molecule has 1 aliphatic heterocycles. The SMILES string of the molecule is CC.CC1C/C=C\CCC(OCc2ccccc2)(C(F)(F)F)c2nnc(o2)-c2nc(c(C(F)(F)F)cc2NC(=O)OC(C)(C)C)C1.CNC. The fourth-order valence-electron chi connectivity index (χ4n) is 4.62. The number of alkyl halides is 6. The van der Waals surface area contributed by atoms with Crippen molar-refractivity contribution in [3.8, 4) is 11.6 Å². The minimum absolute atomic E-state index is 0.110. The molecule has 272 valence electrons. The van der Waals surface area contributed by atoms with Gasteiger partial charge in [-0.2, -0.15) is 26.3 Å². The topological polar surface area (TPSA) is 111 Å². The van der Waals surface area contributed by atoms with Gasteiger partial charge in [-0.15, -0.1) is 10.2 Å². The standard InChI is InChI=1S/C30H32F6N4O4.C2H7N.C2H6/c1-18-11-7-6-10-14-28(30(34,35)36,42-17-19-12-8-5-9-13-19)25-40-39-24(43-25)23-22(38-26(41)44-27(2,3)4)16-20(29(31,32)33)21(15-18)37-23;1-3-2;1-2/h5-9,12-13,16,18H,10-11,14-15,17H2,1-4H3,(H,38,41);3H,1-2H3;1-2H3/b7-6-;;. The predicted octanol–water partition coefficient (Wildman–Crippen LogP) is 9.25. The number of pyridine rings is 1. The molecule has 49 heavy (non-hydrogen) atoms. The normalized spacial score (nSPS) is 18.9.